The highest BCUT2D eigenvalue weighted by Gasteiger charge is 2.16. The summed E-state index contributed by atoms with van der Waals surface area (Å²) >= 11 is 0. The average Bonchev–Trinajstić information content (AvgIpc) is 3.42. The SMILES string of the molecule is CC(Nc1cc(Nc2cc(-c3ccc4c(c3)OCO4)[nH]n2)nc(N)n1)c1ccc(F)cc1F. The summed E-state index contributed by atoms with van der Waals surface area (Å²) in [6.45, 7) is 1.93. The summed E-state index contributed by atoms with van der Waals surface area (Å²) in [6, 6.07) is 11.9. The first kappa shape index (κ1) is 20.5. The molecule has 168 valence electrons. The van der Waals surface area contributed by atoms with Crippen LogP contribution in [0, 0.1) is 11.6 Å². The number of benzene rings is 2. The lowest BCUT2D eigenvalue weighted by Crippen LogP contribution is -2.12. The number of halogens is 2. The summed E-state index contributed by atoms with van der Waals surface area (Å²) in [7, 11) is 0. The first-order chi connectivity index (χ1) is 15.9. The fourth-order valence-corrected chi connectivity index (χ4v) is 3.49. The summed E-state index contributed by atoms with van der Waals surface area (Å²) < 4.78 is 38.0. The van der Waals surface area contributed by atoms with Crippen molar-refractivity contribution in [3.8, 4) is 22.8 Å². The van der Waals surface area contributed by atoms with Crippen LogP contribution in [0.25, 0.3) is 11.3 Å². The zero-order chi connectivity index (χ0) is 22.9. The highest BCUT2D eigenvalue weighted by Crippen LogP contribution is 2.36. The van der Waals surface area contributed by atoms with E-state index in [9.17, 15) is 8.78 Å². The minimum Gasteiger partial charge on any atom is -0.454 e. The minimum atomic E-state index is -0.650. The number of aromatic nitrogens is 4. The van der Waals surface area contributed by atoms with E-state index in [0.29, 0.717) is 34.5 Å². The Kier molecular flexibility index (Phi) is 5.13. The topological polar surface area (TPSA) is 123 Å². The van der Waals surface area contributed by atoms with Crippen molar-refractivity contribution in [1.29, 1.82) is 0 Å². The van der Waals surface area contributed by atoms with Crippen LogP contribution >= 0.6 is 0 Å². The lowest BCUT2D eigenvalue weighted by atomic mass is 10.1. The van der Waals surface area contributed by atoms with Gasteiger partial charge in [0.1, 0.15) is 23.3 Å². The molecular weight excluding hydrogens is 432 g/mol. The zero-order valence-corrected chi connectivity index (χ0v) is 17.4. The van der Waals surface area contributed by atoms with Gasteiger partial charge >= 0.3 is 0 Å². The number of hydrogen-bond acceptors (Lipinski definition) is 8. The van der Waals surface area contributed by atoms with Gasteiger partial charge in [0.2, 0.25) is 12.7 Å². The van der Waals surface area contributed by atoms with E-state index in [2.05, 4.69) is 30.8 Å². The van der Waals surface area contributed by atoms with E-state index in [4.69, 9.17) is 15.2 Å². The molecular formula is C22H19F2N7O2. The van der Waals surface area contributed by atoms with E-state index in [1.165, 1.54) is 12.1 Å². The van der Waals surface area contributed by atoms with E-state index in [0.717, 1.165) is 17.3 Å². The van der Waals surface area contributed by atoms with Crippen molar-refractivity contribution in [2.75, 3.05) is 23.2 Å². The molecule has 0 bridgehead atoms. The maximum atomic E-state index is 14.1. The van der Waals surface area contributed by atoms with Gasteiger partial charge in [-0.1, -0.05) is 6.07 Å². The maximum Gasteiger partial charge on any atom is 0.231 e. The Morgan fingerprint density at radius 1 is 0.970 bits per heavy atom. The number of aromatic amines is 1. The molecule has 0 saturated heterocycles. The fraction of sp³-hybridized carbons (Fsp3) is 0.136. The number of nitrogens with one attached hydrogen (secondary N) is 3. The van der Waals surface area contributed by atoms with Gasteiger partial charge in [-0.15, -0.1) is 0 Å². The molecule has 0 amide bonds. The van der Waals surface area contributed by atoms with Gasteiger partial charge in [0.15, 0.2) is 17.3 Å². The third kappa shape index (κ3) is 4.33. The summed E-state index contributed by atoms with van der Waals surface area (Å²) in [5.41, 5.74) is 7.78. The van der Waals surface area contributed by atoms with Crippen LogP contribution in [0.4, 0.5) is 32.2 Å². The number of hydrogen-bond donors (Lipinski definition) is 4. The van der Waals surface area contributed by atoms with E-state index in [1.54, 1.807) is 19.1 Å². The van der Waals surface area contributed by atoms with Crippen molar-refractivity contribution < 1.29 is 18.3 Å². The Morgan fingerprint density at radius 2 is 1.79 bits per heavy atom. The minimum absolute atomic E-state index is 0.0146. The van der Waals surface area contributed by atoms with Crippen LogP contribution in [0.15, 0.2) is 48.5 Å². The number of rotatable bonds is 6. The molecule has 33 heavy (non-hydrogen) atoms. The first-order valence-corrected chi connectivity index (χ1v) is 10.0. The predicted octanol–water partition coefficient (Wildman–Crippen LogP) is 4.37. The molecule has 11 heteroatoms. The second-order valence-corrected chi connectivity index (χ2v) is 7.39. The Bertz CT molecular complexity index is 1330. The third-order valence-electron chi connectivity index (χ3n) is 5.05. The quantitative estimate of drug-likeness (QED) is 0.341. The number of fused-ring (bicyclic) bond motifs is 1. The van der Waals surface area contributed by atoms with Crippen LogP contribution < -0.4 is 25.8 Å². The van der Waals surface area contributed by atoms with Gasteiger partial charge in [0, 0.05) is 29.3 Å². The summed E-state index contributed by atoms with van der Waals surface area (Å²) in [5.74, 6) is 1.35. The maximum absolute atomic E-state index is 14.1. The van der Waals surface area contributed by atoms with Crippen molar-refractivity contribution in [2.45, 2.75) is 13.0 Å². The van der Waals surface area contributed by atoms with Gasteiger partial charge in [0.25, 0.3) is 0 Å². The van der Waals surface area contributed by atoms with Gasteiger partial charge in [-0.25, -0.2) is 8.78 Å². The Hall–Kier alpha value is -4.41. The van der Waals surface area contributed by atoms with Crippen molar-refractivity contribution in [3.63, 3.8) is 0 Å². The zero-order valence-electron chi connectivity index (χ0n) is 17.4. The molecule has 3 heterocycles. The van der Waals surface area contributed by atoms with Crippen molar-refractivity contribution in [3.05, 3.63) is 65.7 Å². The lowest BCUT2D eigenvalue weighted by molar-refractivity contribution is 0.174. The van der Waals surface area contributed by atoms with E-state index < -0.39 is 17.7 Å². The number of nitrogens with two attached hydrogens (primary N) is 1. The average molecular weight is 451 g/mol. The molecule has 0 radical (unpaired) electrons. The molecule has 1 aliphatic rings. The molecule has 5 N–H and O–H groups in total. The summed E-state index contributed by atoms with van der Waals surface area (Å²) in [6.07, 6.45) is 0. The molecule has 2 aromatic heterocycles. The van der Waals surface area contributed by atoms with Gasteiger partial charge in [-0.3, -0.25) is 5.10 Å². The Labute approximate surface area is 187 Å². The van der Waals surface area contributed by atoms with E-state index in [1.807, 2.05) is 18.2 Å². The second-order valence-electron chi connectivity index (χ2n) is 7.39. The van der Waals surface area contributed by atoms with Crippen LogP contribution in [0.3, 0.4) is 0 Å². The first-order valence-electron chi connectivity index (χ1n) is 10.0. The standard InChI is InChI=1S/C22H19F2N7O2/c1-11(14-4-3-13(23)7-15(14)24)26-19-9-20(29-22(25)28-19)27-21-8-16(30-31-21)12-2-5-17-18(6-12)33-10-32-17/h2-9,11H,10H2,1H3,(H5,25,26,27,28,29,30,31). The smallest absolute Gasteiger partial charge is 0.231 e. The number of nitrogens with zero attached hydrogens (tertiary/aromatic N) is 3. The van der Waals surface area contributed by atoms with Gasteiger partial charge in [-0.05, 0) is 31.2 Å². The number of ether oxygens (including phenoxy) is 2. The van der Waals surface area contributed by atoms with Crippen molar-refractivity contribution in [2.24, 2.45) is 0 Å². The largest absolute Gasteiger partial charge is 0.454 e. The molecule has 2 aromatic carbocycles. The van der Waals surface area contributed by atoms with Gasteiger partial charge in [-0.2, -0.15) is 15.1 Å². The van der Waals surface area contributed by atoms with Crippen LogP contribution in [-0.4, -0.2) is 27.0 Å². The molecule has 1 atom stereocenters. The molecule has 0 spiro atoms. The predicted molar refractivity (Wildman–Crippen MR) is 118 cm³/mol. The molecule has 5 rings (SSSR count). The van der Waals surface area contributed by atoms with Crippen LogP contribution in [0.5, 0.6) is 11.5 Å². The molecule has 4 aromatic rings. The van der Waals surface area contributed by atoms with Crippen LogP contribution in [0.2, 0.25) is 0 Å². The Balaban J connectivity index is 1.32. The third-order valence-corrected chi connectivity index (χ3v) is 5.05. The molecule has 0 saturated carbocycles. The summed E-state index contributed by atoms with van der Waals surface area (Å²) in [5, 5.41) is 13.3. The van der Waals surface area contributed by atoms with E-state index >= 15 is 0 Å². The van der Waals surface area contributed by atoms with Crippen LogP contribution in [-0.2, 0) is 0 Å². The number of H-pyrrole nitrogens is 1. The monoisotopic (exact) mass is 451 g/mol. The highest BCUT2D eigenvalue weighted by molar-refractivity contribution is 5.68. The molecule has 1 unspecified atom stereocenters. The normalized spacial score (nSPS) is 13.1. The highest BCUT2D eigenvalue weighted by atomic mass is 19.1. The van der Waals surface area contributed by atoms with Crippen molar-refractivity contribution >= 4 is 23.4 Å². The Morgan fingerprint density at radius 3 is 2.64 bits per heavy atom. The fourth-order valence-electron chi connectivity index (χ4n) is 3.49. The van der Waals surface area contributed by atoms with E-state index in [-0.39, 0.29) is 12.7 Å². The molecule has 1 aliphatic heterocycles. The number of nitrogen functional groups attached to an aromatic ring is 1. The second kappa shape index (κ2) is 8.26. The lowest BCUT2D eigenvalue weighted by Gasteiger charge is -2.16. The molecule has 0 fully saturated rings. The van der Waals surface area contributed by atoms with Gasteiger partial charge < -0.3 is 25.8 Å². The van der Waals surface area contributed by atoms with Gasteiger partial charge in [0.05, 0.1) is 11.7 Å². The van der Waals surface area contributed by atoms with Crippen molar-refractivity contribution in [1.82, 2.24) is 20.2 Å². The molecule has 9 nitrogen and oxygen atoms in total. The van der Waals surface area contributed by atoms with Crippen LogP contribution in [0.1, 0.15) is 18.5 Å². The number of anilines is 4. The summed E-state index contributed by atoms with van der Waals surface area (Å²) in [4.78, 5) is 8.31. The molecule has 0 aliphatic carbocycles.